The highest BCUT2D eigenvalue weighted by Crippen LogP contribution is 2.20. The Balaban J connectivity index is 2.07. The minimum Gasteiger partial charge on any atom is -0.496 e. The van der Waals surface area contributed by atoms with E-state index in [0.29, 0.717) is 17.9 Å². The van der Waals surface area contributed by atoms with E-state index in [4.69, 9.17) is 9.47 Å². The first-order valence-electron chi connectivity index (χ1n) is 6.47. The minimum absolute atomic E-state index is 0.0377. The summed E-state index contributed by atoms with van der Waals surface area (Å²) in [5, 5.41) is 0. The van der Waals surface area contributed by atoms with Gasteiger partial charge in [-0.3, -0.25) is 4.79 Å². The van der Waals surface area contributed by atoms with Crippen LogP contribution >= 0.6 is 0 Å². The molecule has 2 rings (SSSR count). The van der Waals surface area contributed by atoms with Crippen molar-refractivity contribution in [3.8, 4) is 11.5 Å². The van der Waals surface area contributed by atoms with Gasteiger partial charge in [0.15, 0.2) is 5.78 Å². The van der Waals surface area contributed by atoms with Crippen molar-refractivity contribution in [3.05, 3.63) is 59.2 Å². The Hall–Kier alpha value is -2.29. The smallest absolute Gasteiger partial charge is 0.159 e. The third kappa shape index (κ3) is 3.38. The second-order valence-electron chi connectivity index (χ2n) is 4.68. The van der Waals surface area contributed by atoms with Crippen molar-refractivity contribution in [1.29, 1.82) is 0 Å². The number of hydrogen-bond donors (Lipinski definition) is 0. The van der Waals surface area contributed by atoms with Crippen LogP contribution in [-0.4, -0.2) is 12.9 Å². The van der Waals surface area contributed by atoms with Crippen LogP contribution in [-0.2, 0) is 6.61 Å². The van der Waals surface area contributed by atoms with Gasteiger partial charge in [-0.2, -0.15) is 0 Å². The molecule has 3 nitrogen and oxygen atoms in total. The number of ether oxygens (including phenoxy) is 2. The summed E-state index contributed by atoms with van der Waals surface area (Å²) in [6, 6.07) is 13.2. The molecule has 3 heteroatoms. The van der Waals surface area contributed by atoms with Crippen molar-refractivity contribution < 1.29 is 14.3 Å². The normalized spacial score (nSPS) is 10.2. The third-order valence-electron chi connectivity index (χ3n) is 3.11. The van der Waals surface area contributed by atoms with Crippen molar-refractivity contribution in [2.24, 2.45) is 0 Å². The Morgan fingerprint density at radius 3 is 2.60 bits per heavy atom. The molecular formula is C17H18O3. The second-order valence-corrected chi connectivity index (χ2v) is 4.68. The summed E-state index contributed by atoms with van der Waals surface area (Å²) in [5.74, 6) is 1.61. The lowest BCUT2D eigenvalue weighted by Crippen LogP contribution is -1.98. The van der Waals surface area contributed by atoms with Gasteiger partial charge in [-0.15, -0.1) is 0 Å². The molecule has 0 saturated heterocycles. The number of hydrogen-bond acceptors (Lipinski definition) is 3. The maximum absolute atomic E-state index is 11.3. The molecule has 0 aromatic heterocycles. The SMILES string of the molecule is COc1ccc(COc2cccc(C(C)=O)c2)cc1C. The first-order valence-corrected chi connectivity index (χ1v) is 6.47. The molecule has 0 aliphatic heterocycles. The van der Waals surface area contributed by atoms with Gasteiger partial charge in [0.1, 0.15) is 18.1 Å². The topological polar surface area (TPSA) is 35.5 Å². The molecule has 0 heterocycles. The molecule has 2 aromatic carbocycles. The molecule has 0 amide bonds. The predicted octanol–water partition coefficient (Wildman–Crippen LogP) is 3.79. The molecule has 0 saturated carbocycles. The first kappa shape index (κ1) is 14.1. The zero-order chi connectivity index (χ0) is 14.5. The highest BCUT2D eigenvalue weighted by atomic mass is 16.5. The van der Waals surface area contributed by atoms with Gasteiger partial charge in [0, 0.05) is 5.56 Å². The summed E-state index contributed by atoms with van der Waals surface area (Å²) in [7, 11) is 1.66. The van der Waals surface area contributed by atoms with Crippen LogP contribution in [0.2, 0.25) is 0 Å². The quantitative estimate of drug-likeness (QED) is 0.775. The fraction of sp³-hybridized carbons (Fsp3) is 0.235. The fourth-order valence-corrected chi connectivity index (χ4v) is 2.00. The summed E-state index contributed by atoms with van der Waals surface area (Å²) in [6.45, 7) is 4.01. The molecule has 0 bridgehead atoms. The monoisotopic (exact) mass is 270 g/mol. The number of benzene rings is 2. The highest BCUT2D eigenvalue weighted by molar-refractivity contribution is 5.94. The average molecular weight is 270 g/mol. The van der Waals surface area contributed by atoms with Crippen molar-refractivity contribution in [2.75, 3.05) is 7.11 Å². The Kier molecular flexibility index (Phi) is 4.41. The highest BCUT2D eigenvalue weighted by Gasteiger charge is 2.03. The molecule has 0 unspecified atom stereocenters. The lowest BCUT2D eigenvalue weighted by Gasteiger charge is -2.10. The Labute approximate surface area is 119 Å². The van der Waals surface area contributed by atoms with E-state index in [1.165, 1.54) is 0 Å². The van der Waals surface area contributed by atoms with E-state index >= 15 is 0 Å². The number of aryl methyl sites for hydroxylation is 1. The number of Topliss-reactive ketones (excluding diaryl/α,β-unsaturated/α-hetero) is 1. The average Bonchev–Trinajstić information content (AvgIpc) is 2.45. The number of carbonyl (C=O) groups is 1. The van der Waals surface area contributed by atoms with E-state index in [-0.39, 0.29) is 5.78 Å². The van der Waals surface area contributed by atoms with Gasteiger partial charge in [-0.05, 0) is 49.2 Å². The maximum Gasteiger partial charge on any atom is 0.159 e. The van der Waals surface area contributed by atoms with Crippen LogP contribution in [0.25, 0.3) is 0 Å². The second kappa shape index (κ2) is 6.24. The van der Waals surface area contributed by atoms with Gasteiger partial charge in [-0.1, -0.05) is 18.2 Å². The molecule has 104 valence electrons. The van der Waals surface area contributed by atoms with Crippen LogP contribution in [0.1, 0.15) is 28.4 Å². The van der Waals surface area contributed by atoms with Crippen LogP contribution in [0.15, 0.2) is 42.5 Å². The summed E-state index contributed by atoms with van der Waals surface area (Å²) in [6.07, 6.45) is 0. The van der Waals surface area contributed by atoms with Crippen LogP contribution in [0, 0.1) is 6.92 Å². The standard InChI is InChI=1S/C17H18O3/c1-12-9-14(7-8-17(12)19-3)11-20-16-6-4-5-15(10-16)13(2)18/h4-10H,11H2,1-3H3. The van der Waals surface area contributed by atoms with Crippen LogP contribution in [0.3, 0.4) is 0 Å². The number of methoxy groups -OCH3 is 1. The van der Waals surface area contributed by atoms with Gasteiger partial charge < -0.3 is 9.47 Å². The lowest BCUT2D eigenvalue weighted by atomic mass is 10.1. The van der Waals surface area contributed by atoms with Gasteiger partial charge in [-0.25, -0.2) is 0 Å². The summed E-state index contributed by atoms with van der Waals surface area (Å²) in [5.41, 5.74) is 2.80. The molecule has 0 aliphatic rings. The van der Waals surface area contributed by atoms with Crippen molar-refractivity contribution in [1.82, 2.24) is 0 Å². The molecule has 0 N–H and O–H groups in total. The molecular weight excluding hydrogens is 252 g/mol. The van der Waals surface area contributed by atoms with E-state index in [9.17, 15) is 4.79 Å². The Morgan fingerprint density at radius 1 is 1.15 bits per heavy atom. The molecule has 20 heavy (non-hydrogen) atoms. The molecule has 0 atom stereocenters. The van der Waals surface area contributed by atoms with Gasteiger partial charge in [0.05, 0.1) is 7.11 Å². The Morgan fingerprint density at radius 2 is 1.95 bits per heavy atom. The van der Waals surface area contributed by atoms with E-state index in [2.05, 4.69) is 0 Å². The van der Waals surface area contributed by atoms with Crippen LogP contribution in [0.5, 0.6) is 11.5 Å². The predicted molar refractivity (Wildman–Crippen MR) is 78.5 cm³/mol. The largest absolute Gasteiger partial charge is 0.496 e. The molecule has 0 radical (unpaired) electrons. The van der Waals surface area contributed by atoms with E-state index in [1.807, 2.05) is 37.3 Å². The molecule has 0 spiro atoms. The minimum atomic E-state index is 0.0377. The Bertz CT molecular complexity index is 617. The number of rotatable bonds is 5. The third-order valence-corrected chi connectivity index (χ3v) is 3.11. The summed E-state index contributed by atoms with van der Waals surface area (Å²) < 4.78 is 10.9. The lowest BCUT2D eigenvalue weighted by molar-refractivity contribution is 0.101. The number of carbonyl (C=O) groups excluding carboxylic acids is 1. The van der Waals surface area contributed by atoms with Gasteiger partial charge in [0.25, 0.3) is 0 Å². The molecule has 0 fully saturated rings. The first-order chi connectivity index (χ1) is 9.60. The van der Waals surface area contributed by atoms with Gasteiger partial charge >= 0.3 is 0 Å². The maximum atomic E-state index is 11.3. The number of ketones is 1. The van der Waals surface area contributed by atoms with E-state index < -0.39 is 0 Å². The molecule has 2 aromatic rings. The zero-order valence-electron chi connectivity index (χ0n) is 12.0. The van der Waals surface area contributed by atoms with Crippen molar-refractivity contribution >= 4 is 5.78 Å². The zero-order valence-corrected chi connectivity index (χ0v) is 12.0. The fourth-order valence-electron chi connectivity index (χ4n) is 2.00. The van der Waals surface area contributed by atoms with E-state index in [1.54, 1.807) is 26.2 Å². The summed E-state index contributed by atoms with van der Waals surface area (Å²) in [4.78, 5) is 11.3. The van der Waals surface area contributed by atoms with Crippen molar-refractivity contribution in [3.63, 3.8) is 0 Å². The molecule has 0 aliphatic carbocycles. The van der Waals surface area contributed by atoms with Crippen LogP contribution in [0.4, 0.5) is 0 Å². The van der Waals surface area contributed by atoms with E-state index in [0.717, 1.165) is 16.9 Å². The van der Waals surface area contributed by atoms with Crippen molar-refractivity contribution in [2.45, 2.75) is 20.5 Å². The van der Waals surface area contributed by atoms with Gasteiger partial charge in [0.2, 0.25) is 0 Å². The summed E-state index contributed by atoms with van der Waals surface area (Å²) >= 11 is 0. The van der Waals surface area contributed by atoms with Crippen LogP contribution < -0.4 is 9.47 Å².